The smallest absolute Gasteiger partial charge is 0.225 e. The van der Waals surface area contributed by atoms with Gasteiger partial charge in [0.2, 0.25) is 5.91 Å². The molecular weight excluding hydrogens is 438 g/mol. The first-order valence-corrected chi connectivity index (χ1v) is 12.8. The number of nitrogens with zero attached hydrogens (tertiary/aromatic N) is 7. The molecule has 3 aliphatic rings. The Balaban J connectivity index is 1.01. The van der Waals surface area contributed by atoms with Crippen LogP contribution in [0.4, 0.5) is 11.6 Å². The Bertz CT molecular complexity index is 1170. The minimum atomic E-state index is 0.0918. The number of aromatic nitrogens is 4. The molecule has 35 heavy (non-hydrogen) atoms. The van der Waals surface area contributed by atoms with Crippen LogP contribution in [0.3, 0.4) is 0 Å². The number of piperazine rings is 1. The van der Waals surface area contributed by atoms with Crippen LogP contribution in [0.15, 0.2) is 48.5 Å². The molecular formula is C27H31N7O. The molecule has 0 spiro atoms. The van der Waals surface area contributed by atoms with Crippen LogP contribution in [-0.2, 0) is 17.6 Å². The minimum absolute atomic E-state index is 0.0918. The zero-order valence-electron chi connectivity index (χ0n) is 20.0. The highest BCUT2D eigenvalue weighted by Crippen LogP contribution is 2.26. The topological polar surface area (TPSA) is 78.4 Å². The summed E-state index contributed by atoms with van der Waals surface area (Å²) in [6, 6.07) is 16.4. The van der Waals surface area contributed by atoms with Gasteiger partial charge in [-0.2, -0.15) is 5.10 Å². The molecule has 8 nitrogen and oxygen atoms in total. The molecule has 6 rings (SSSR count). The fourth-order valence-corrected chi connectivity index (χ4v) is 5.50. The van der Waals surface area contributed by atoms with E-state index in [1.54, 1.807) is 0 Å². The summed E-state index contributed by atoms with van der Waals surface area (Å²) in [6.07, 6.45) is 5.06. The van der Waals surface area contributed by atoms with E-state index in [1.165, 1.54) is 12.0 Å². The molecule has 3 aromatic rings. The number of anilines is 2. The molecule has 1 aliphatic carbocycles. The third kappa shape index (κ3) is 4.57. The monoisotopic (exact) mass is 469 g/mol. The molecule has 180 valence electrons. The van der Waals surface area contributed by atoms with Gasteiger partial charge in [-0.3, -0.25) is 4.79 Å². The number of hydrogen-bond acceptors (Lipinski definition) is 7. The van der Waals surface area contributed by atoms with E-state index >= 15 is 0 Å². The van der Waals surface area contributed by atoms with Crippen LogP contribution in [0.5, 0.6) is 0 Å². The fraction of sp³-hybridized carbons (Fsp3) is 0.444. The van der Waals surface area contributed by atoms with E-state index in [0.29, 0.717) is 5.91 Å². The Morgan fingerprint density at radius 2 is 1.49 bits per heavy atom. The van der Waals surface area contributed by atoms with Crippen molar-refractivity contribution in [3.63, 3.8) is 0 Å². The maximum absolute atomic E-state index is 13.2. The number of hydrogen-bond donors (Lipinski definition) is 0. The number of carbonyl (C=O) groups is 1. The van der Waals surface area contributed by atoms with E-state index in [2.05, 4.69) is 36.3 Å². The Hall–Kier alpha value is -3.55. The zero-order chi connectivity index (χ0) is 23.6. The lowest BCUT2D eigenvalue weighted by Gasteiger charge is -2.39. The first-order valence-electron chi connectivity index (χ1n) is 12.8. The quantitative estimate of drug-likeness (QED) is 0.581. The molecule has 0 radical (unpaired) electrons. The summed E-state index contributed by atoms with van der Waals surface area (Å²) in [5, 5.41) is 17.8. The normalized spacial score (nSPS) is 18.6. The highest BCUT2D eigenvalue weighted by Gasteiger charge is 2.31. The van der Waals surface area contributed by atoms with E-state index in [4.69, 9.17) is 0 Å². The standard InChI is InChI=1S/C27H31N7O/c35-27(34-17-15-33(16-18-34)26-19-22-7-4-8-23(22)28-31-26)21-11-13-32(14-12-21)25-10-9-24(29-30-25)20-5-2-1-3-6-20/h1-3,5-6,9-10,19,21H,4,7-8,11-18H2. The zero-order valence-corrected chi connectivity index (χ0v) is 20.0. The van der Waals surface area contributed by atoms with Crippen molar-refractivity contribution < 1.29 is 4.79 Å². The van der Waals surface area contributed by atoms with Crippen LogP contribution in [0, 0.1) is 5.92 Å². The predicted octanol–water partition coefficient (Wildman–Crippen LogP) is 2.99. The van der Waals surface area contributed by atoms with Crippen LogP contribution in [0.25, 0.3) is 11.3 Å². The van der Waals surface area contributed by atoms with Gasteiger partial charge < -0.3 is 14.7 Å². The summed E-state index contributed by atoms with van der Waals surface area (Å²) in [6.45, 7) is 4.82. The fourth-order valence-electron chi connectivity index (χ4n) is 5.50. The molecule has 0 unspecified atom stereocenters. The van der Waals surface area contributed by atoms with Gasteiger partial charge in [0.05, 0.1) is 11.4 Å². The molecule has 2 aliphatic heterocycles. The molecule has 2 fully saturated rings. The molecule has 0 saturated carbocycles. The molecule has 2 saturated heterocycles. The van der Waals surface area contributed by atoms with Gasteiger partial charge in [0.1, 0.15) is 0 Å². The summed E-state index contributed by atoms with van der Waals surface area (Å²) in [5.74, 6) is 2.24. The number of fused-ring (bicyclic) bond motifs is 1. The second-order valence-corrected chi connectivity index (χ2v) is 9.74. The van der Waals surface area contributed by atoms with E-state index in [0.717, 1.165) is 93.5 Å². The molecule has 2 aromatic heterocycles. The van der Waals surface area contributed by atoms with E-state index in [9.17, 15) is 4.79 Å². The van der Waals surface area contributed by atoms with Crippen LogP contribution in [-0.4, -0.2) is 70.5 Å². The number of amides is 1. The van der Waals surface area contributed by atoms with Crippen molar-refractivity contribution in [3.8, 4) is 11.3 Å². The number of benzene rings is 1. The summed E-state index contributed by atoms with van der Waals surface area (Å²) >= 11 is 0. The van der Waals surface area contributed by atoms with E-state index in [-0.39, 0.29) is 5.92 Å². The molecule has 0 bridgehead atoms. The summed E-state index contributed by atoms with van der Waals surface area (Å²) in [5.41, 5.74) is 4.45. The minimum Gasteiger partial charge on any atom is -0.355 e. The van der Waals surface area contributed by atoms with Gasteiger partial charge >= 0.3 is 0 Å². The van der Waals surface area contributed by atoms with Crippen molar-refractivity contribution in [1.82, 2.24) is 25.3 Å². The van der Waals surface area contributed by atoms with Gasteiger partial charge in [0.25, 0.3) is 0 Å². The molecule has 0 atom stereocenters. The van der Waals surface area contributed by atoms with E-state index < -0.39 is 0 Å². The Morgan fingerprint density at radius 3 is 2.23 bits per heavy atom. The van der Waals surface area contributed by atoms with Gasteiger partial charge in [-0.05, 0) is 55.9 Å². The molecule has 4 heterocycles. The van der Waals surface area contributed by atoms with Crippen molar-refractivity contribution in [2.75, 3.05) is 49.1 Å². The number of piperidine rings is 1. The molecule has 8 heteroatoms. The largest absolute Gasteiger partial charge is 0.355 e. The highest BCUT2D eigenvalue weighted by molar-refractivity contribution is 5.79. The summed E-state index contributed by atoms with van der Waals surface area (Å²) in [4.78, 5) is 19.8. The number of rotatable bonds is 4. The van der Waals surface area contributed by atoms with Crippen LogP contribution in [0.2, 0.25) is 0 Å². The maximum Gasteiger partial charge on any atom is 0.225 e. The molecule has 1 amide bonds. The molecule has 0 N–H and O–H groups in total. The molecule has 1 aromatic carbocycles. The second-order valence-electron chi connectivity index (χ2n) is 9.74. The summed E-state index contributed by atoms with van der Waals surface area (Å²) < 4.78 is 0. The Kier molecular flexibility index (Phi) is 6.02. The van der Waals surface area contributed by atoms with Crippen molar-refractivity contribution in [3.05, 3.63) is 59.8 Å². The van der Waals surface area contributed by atoms with Crippen molar-refractivity contribution in [2.45, 2.75) is 32.1 Å². The van der Waals surface area contributed by atoms with Gasteiger partial charge in [-0.15, -0.1) is 15.3 Å². The average Bonchev–Trinajstić information content (AvgIpc) is 3.42. The first-order chi connectivity index (χ1) is 17.2. The predicted molar refractivity (Wildman–Crippen MR) is 135 cm³/mol. The lowest BCUT2D eigenvalue weighted by Crippen LogP contribution is -2.52. The lowest BCUT2D eigenvalue weighted by molar-refractivity contribution is -0.136. The Labute approximate surface area is 206 Å². The maximum atomic E-state index is 13.2. The van der Waals surface area contributed by atoms with Crippen LogP contribution < -0.4 is 9.80 Å². The third-order valence-corrected chi connectivity index (χ3v) is 7.61. The first kappa shape index (κ1) is 21.9. The van der Waals surface area contributed by atoms with Gasteiger partial charge in [-0.1, -0.05) is 30.3 Å². The van der Waals surface area contributed by atoms with E-state index in [1.807, 2.05) is 47.4 Å². The van der Waals surface area contributed by atoms with Crippen molar-refractivity contribution >= 4 is 17.5 Å². The Morgan fingerprint density at radius 1 is 0.743 bits per heavy atom. The van der Waals surface area contributed by atoms with Crippen molar-refractivity contribution in [2.24, 2.45) is 5.92 Å². The third-order valence-electron chi connectivity index (χ3n) is 7.61. The number of carbonyl (C=O) groups excluding carboxylic acids is 1. The highest BCUT2D eigenvalue weighted by atomic mass is 16.2. The second kappa shape index (κ2) is 9.60. The van der Waals surface area contributed by atoms with Gasteiger partial charge in [0.15, 0.2) is 11.6 Å². The van der Waals surface area contributed by atoms with Crippen LogP contribution >= 0.6 is 0 Å². The van der Waals surface area contributed by atoms with Crippen molar-refractivity contribution in [1.29, 1.82) is 0 Å². The lowest BCUT2D eigenvalue weighted by atomic mass is 9.95. The van der Waals surface area contributed by atoms with Gasteiger partial charge in [-0.25, -0.2) is 0 Å². The van der Waals surface area contributed by atoms with Gasteiger partial charge in [0, 0.05) is 50.7 Å². The SMILES string of the molecule is O=C(C1CCN(c2ccc(-c3ccccc3)nn2)CC1)N1CCN(c2cc3c(nn2)CCC3)CC1. The average molecular weight is 470 g/mol. The number of aryl methyl sites for hydroxylation is 2. The van der Waals surface area contributed by atoms with Crippen LogP contribution in [0.1, 0.15) is 30.5 Å². The summed E-state index contributed by atoms with van der Waals surface area (Å²) in [7, 11) is 0.